The van der Waals surface area contributed by atoms with Crippen molar-refractivity contribution in [3.05, 3.63) is 60.3 Å². The van der Waals surface area contributed by atoms with Crippen LogP contribution in [0.3, 0.4) is 0 Å². The number of amides is 1. The third-order valence-electron chi connectivity index (χ3n) is 5.90. The van der Waals surface area contributed by atoms with Crippen LogP contribution in [-0.2, 0) is 0 Å². The summed E-state index contributed by atoms with van der Waals surface area (Å²) in [4.78, 5) is 28.7. The van der Waals surface area contributed by atoms with Gasteiger partial charge in [0.1, 0.15) is 5.82 Å². The average Bonchev–Trinajstić information content (AvgIpc) is 3.34. The molecule has 0 radical (unpaired) electrons. The highest BCUT2D eigenvalue weighted by Gasteiger charge is 2.24. The Bertz CT molecular complexity index is 1020. The second-order valence-corrected chi connectivity index (χ2v) is 7.75. The van der Waals surface area contributed by atoms with E-state index in [2.05, 4.69) is 26.9 Å². The van der Waals surface area contributed by atoms with Crippen LogP contribution in [0, 0.1) is 0 Å². The molecule has 3 heterocycles. The summed E-state index contributed by atoms with van der Waals surface area (Å²) < 4.78 is 0. The summed E-state index contributed by atoms with van der Waals surface area (Å²) in [6, 6.07) is 16.1. The summed E-state index contributed by atoms with van der Waals surface area (Å²) in [6.45, 7) is 5.06. The highest BCUT2D eigenvalue weighted by Crippen LogP contribution is 2.21. The van der Waals surface area contributed by atoms with Gasteiger partial charge in [-0.25, -0.2) is 4.98 Å². The van der Waals surface area contributed by atoms with Crippen molar-refractivity contribution in [2.75, 3.05) is 49.1 Å². The molecule has 2 aliphatic rings. The van der Waals surface area contributed by atoms with Crippen molar-refractivity contribution in [3.63, 3.8) is 0 Å². The zero-order valence-electron chi connectivity index (χ0n) is 16.5. The summed E-state index contributed by atoms with van der Waals surface area (Å²) in [5.41, 5.74) is 0.760. The smallest absolute Gasteiger partial charge is 0.253 e. The van der Waals surface area contributed by atoms with Gasteiger partial charge >= 0.3 is 0 Å². The van der Waals surface area contributed by atoms with Gasteiger partial charge in [-0.15, -0.1) is 0 Å². The van der Waals surface area contributed by atoms with Crippen molar-refractivity contribution < 1.29 is 4.79 Å². The molecule has 2 fully saturated rings. The molecule has 0 spiro atoms. The SMILES string of the molecule is O=C(c1ccc2ccccc2c1)N1CCN(c2ccnc(N3CCCC3)n2)CC1. The Kier molecular flexibility index (Phi) is 4.76. The van der Waals surface area contributed by atoms with Gasteiger partial charge in [0.2, 0.25) is 5.95 Å². The molecule has 6 heteroatoms. The van der Waals surface area contributed by atoms with Gasteiger partial charge in [0.05, 0.1) is 0 Å². The molecule has 5 rings (SSSR count). The number of nitrogens with zero attached hydrogens (tertiary/aromatic N) is 5. The number of anilines is 2. The summed E-state index contributed by atoms with van der Waals surface area (Å²) in [5.74, 6) is 1.89. The largest absolute Gasteiger partial charge is 0.353 e. The predicted octanol–water partition coefficient (Wildman–Crippen LogP) is 3.19. The first-order valence-electron chi connectivity index (χ1n) is 10.4. The maximum atomic E-state index is 13.0. The van der Waals surface area contributed by atoms with Crippen LogP contribution in [0.15, 0.2) is 54.7 Å². The van der Waals surface area contributed by atoms with Gasteiger partial charge in [-0.2, -0.15) is 4.98 Å². The minimum atomic E-state index is 0.107. The number of hydrogen-bond donors (Lipinski definition) is 0. The van der Waals surface area contributed by atoms with Gasteiger partial charge in [-0.1, -0.05) is 30.3 Å². The maximum absolute atomic E-state index is 13.0. The molecule has 2 aliphatic heterocycles. The highest BCUT2D eigenvalue weighted by atomic mass is 16.2. The lowest BCUT2D eigenvalue weighted by molar-refractivity contribution is 0.0746. The van der Waals surface area contributed by atoms with E-state index < -0.39 is 0 Å². The lowest BCUT2D eigenvalue weighted by atomic mass is 10.1. The Morgan fingerprint density at radius 2 is 1.55 bits per heavy atom. The van der Waals surface area contributed by atoms with E-state index in [4.69, 9.17) is 4.98 Å². The van der Waals surface area contributed by atoms with Crippen LogP contribution in [0.4, 0.5) is 11.8 Å². The summed E-state index contributed by atoms with van der Waals surface area (Å²) in [7, 11) is 0. The highest BCUT2D eigenvalue weighted by molar-refractivity contribution is 5.98. The van der Waals surface area contributed by atoms with Crippen molar-refractivity contribution >= 4 is 28.4 Å². The van der Waals surface area contributed by atoms with Gasteiger partial charge in [-0.3, -0.25) is 4.79 Å². The van der Waals surface area contributed by atoms with Gasteiger partial charge in [-0.05, 0) is 41.8 Å². The van der Waals surface area contributed by atoms with E-state index in [1.807, 2.05) is 47.5 Å². The second kappa shape index (κ2) is 7.70. The molecule has 1 amide bonds. The van der Waals surface area contributed by atoms with Crippen molar-refractivity contribution in [2.45, 2.75) is 12.8 Å². The fraction of sp³-hybridized carbons (Fsp3) is 0.348. The van der Waals surface area contributed by atoms with Crippen LogP contribution >= 0.6 is 0 Å². The molecule has 2 saturated heterocycles. The second-order valence-electron chi connectivity index (χ2n) is 7.75. The Morgan fingerprint density at radius 3 is 2.34 bits per heavy atom. The fourth-order valence-corrected chi connectivity index (χ4v) is 4.23. The van der Waals surface area contributed by atoms with E-state index in [1.54, 1.807) is 0 Å². The van der Waals surface area contributed by atoms with Crippen molar-refractivity contribution in [1.82, 2.24) is 14.9 Å². The molecule has 1 aromatic heterocycles. The number of aromatic nitrogens is 2. The van der Waals surface area contributed by atoms with Crippen LogP contribution in [0.2, 0.25) is 0 Å². The van der Waals surface area contributed by atoms with E-state index in [0.717, 1.165) is 54.3 Å². The Labute approximate surface area is 170 Å². The van der Waals surface area contributed by atoms with E-state index in [9.17, 15) is 4.79 Å². The van der Waals surface area contributed by atoms with Crippen molar-refractivity contribution in [2.24, 2.45) is 0 Å². The number of hydrogen-bond acceptors (Lipinski definition) is 5. The number of fused-ring (bicyclic) bond motifs is 1. The number of carbonyl (C=O) groups is 1. The lowest BCUT2D eigenvalue weighted by Gasteiger charge is -2.35. The van der Waals surface area contributed by atoms with Gasteiger partial charge in [0.25, 0.3) is 5.91 Å². The quantitative estimate of drug-likeness (QED) is 0.691. The number of rotatable bonds is 3. The third-order valence-corrected chi connectivity index (χ3v) is 5.90. The van der Waals surface area contributed by atoms with Gasteiger partial charge < -0.3 is 14.7 Å². The molecule has 148 valence electrons. The maximum Gasteiger partial charge on any atom is 0.253 e. The summed E-state index contributed by atoms with van der Waals surface area (Å²) in [5, 5.41) is 2.26. The first kappa shape index (κ1) is 17.9. The molecule has 0 unspecified atom stereocenters. The van der Waals surface area contributed by atoms with E-state index >= 15 is 0 Å². The topological polar surface area (TPSA) is 52.6 Å². The molecular formula is C23H25N5O. The Hall–Kier alpha value is -3.15. The number of carbonyl (C=O) groups excluding carboxylic acids is 1. The standard InChI is InChI=1S/C23H25N5O/c29-22(20-8-7-18-5-1-2-6-19(18)17-20)27-15-13-26(14-16-27)21-9-10-24-23(25-21)28-11-3-4-12-28/h1-2,5-10,17H,3-4,11-16H2. The molecule has 3 aromatic rings. The van der Waals surface area contributed by atoms with E-state index in [-0.39, 0.29) is 5.91 Å². The minimum absolute atomic E-state index is 0.107. The molecule has 0 atom stereocenters. The predicted molar refractivity (Wildman–Crippen MR) is 116 cm³/mol. The Balaban J connectivity index is 1.26. The average molecular weight is 387 g/mol. The molecule has 0 aliphatic carbocycles. The van der Waals surface area contributed by atoms with Gasteiger partial charge in [0, 0.05) is 51.0 Å². The fourth-order valence-electron chi connectivity index (χ4n) is 4.23. The normalized spacial score (nSPS) is 17.2. The molecule has 0 bridgehead atoms. The zero-order chi connectivity index (χ0) is 19.6. The first-order chi connectivity index (χ1) is 14.3. The Morgan fingerprint density at radius 1 is 0.793 bits per heavy atom. The number of benzene rings is 2. The lowest BCUT2D eigenvalue weighted by Crippen LogP contribution is -2.49. The van der Waals surface area contributed by atoms with Crippen LogP contribution in [-0.4, -0.2) is 60.0 Å². The van der Waals surface area contributed by atoms with E-state index in [0.29, 0.717) is 13.1 Å². The number of piperazine rings is 1. The zero-order valence-corrected chi connectivity index (χ0v) is 16.5. The van der Waals surface area contributed by atoms with Gasteiger partial charge in [0.15, 0.2) is 0 Å². The van der Waals surface area contributed by atoms with Crippen molar-refractivity contribution in [3.8, 4) is 0 Å². The van der Waals surface area contributed by atoms with E-state index in [1.165, 1.54) is 12.8 Å². The van der Waals surface area contributed by atoms with Crippen molar-refractivity contribution in [1.29, 1.82) is 0 Å². The van der Waals surface area contributed by atoms with Crippen LogP contribution < -0.4 is 9.80 Å². The monoisotopic (exact) mass is 387 g/mol. The molecule has 0 saturated carbocycles. The molecule has 0 N–H and O–H groups in total. The summed E-state index contributed by atoms with van der Waals surface area (Å²) in [6.07, 6.45) is 4.27. The van der Waals surface area contributed by atoms with Crippen LogP contribution in [0.25, 0.3) is 10.8 Å². The van der Waals surface area contributed by atoms with Crippen LogP contribution in [0.1, 0.15) is 23.2 Å². The molecular weight excluding hydrogens is 362 g/mol. The first-order valence-corrected chi connectivity index (χ1v) is 10.4. The minimum Gasteiger partial charge on any atom is -0.353 e. The molecule has 29 heavy (non-hydrogen) atoms. The summed E-state index contributed by atoms with van der Waals surface area (Å²) >= 11 is 0. The van der Waals surface area contributed by atoms with Crippen LogP contribution in [0.5, 0.6) is 0 Å². The molecule has 6 nitrogen and oxygen atoms in total. The molecule has 2 aromatic carbocycles. The third kappa shape index (κ3) is 3.62.